The highest BCUT2D eigenvalue weighted by Gasteiger charge is 2.01. The van der Waals surface area contributed by atoms with Crippen LogP contribution in [0, 0.1) is 0 Å². The number of amides is 1. The molecule has 0 aliphatic heterocycles. The third-order valence-corrected chi connectivity index (χ3v) is 2.67. The van der Waals surface area contributed by atoms with E-state index in [2.05, 4.69) is 6.07 Å². The predicted octanol–water partition coefficient (Wildman–Crippen LogP) is 1.83. The van der Waals surface area contributed by atoms with E-state index in [0.29, 0.717) is 6.42 Å². The fourth-order valence-corrected chi connectivity index (χ4v) is 1.81. The standard InChI is InChI=1S/C10H13NOS/c1-13-9-5-3-2-4-8(9)6-7-10(11)12/h2-5H,6-7H2,1H3,(H2,11,12). The maximum atomic E-state index is 10.6. The summed E-state index contributed by atoms with van der Waals surface area (Å²) in [5, 5.41) is 0. The summed E-state index contributed by atoms with van der Waals surface area (Å²) in [7, 11) is 0. The number of benzene rings is 1. The minimum atomic E-state index is -0.240. The fourth-order valence-electron chi connectivity index (χ4n) is 1.17. The molecule has 0 radical (unpaired) electrons. The van der Waals surface area contributed by atoms with Crippen LogP contribution in [0.15, 0.2) is 29.2 Å². The Morgan fingerprint density at radius 1 is 1.46 bits per heavy atom. The molecule has 13 heavy (non-hydrogen) atoms. The van der Waals surface area contributed by atoms with E-state index < -0.39 is 0 Å². The largest absolute Gasteiger partial charge is 0.370 e. The Labute approximate surface area is 82.5 Å². The number of rotatable bonds is 4. The van der Waals surface area contributed by atoms with Crippen LogP contribution in [0.25, 0.3) is 0 Å². The summed E-state index contributed by atoms with van der Waals surface area (Å²) < 4.78 is 0. The summed E-state index contributed by atoms with van der Waals surface area (Å²) >= 11 is 1.69. The van der Waals surface area contributed by atoms with Gasteiger partial charge in [-0.25, -0.2) is 0 Å². The molecule has 0 bridgehead atoms. The first-order valence-electron chi connectivity index (χ1n) is 4.14. The second kappa shape index (κ2) is 4.92. The molecule has 3 heteroatoms. The minimum Gasteiger partial charge on any atom is -0.370 e. The number of carbonyl (C=O) groups is 1. The van der Waals surface area contributed by atoms with E-state index in [9.17, 15) is 4.79 Å². The van der Waals surface area contributed by atoms with Crippen molar-refractivity contribution < 1.29 is 4.79 Å². The van der Waals surface area contributed by atoms with Crippen molar-refractivity contribution >= 4 is 17.7 Å². The van der Waals surface area contributed by atoms with Crippen molar-refractivity contribution in [3.05, 3.63) is 29.8 Å². The molecule has 0 unspecified atom stereocenters. The van der Waals surface area contributed by atoms with Gasteiger partial charge in [-0.05, 0) is 24.3 Å². The van der Waals surface area contributed by atoms with Crippen LogP contribution in [0.3, 0.4) is 0 Å². The Bertz CT molecular complexity index is 299. The summed E-state index contributed by atoms with van der Waals surface area (Å²) in [5.74, 6) is -0.240. The molecule has 70 valence electrons. The second-order valence-electron chi connectivity index (χ2n) is 2.78. The van der Waals surface area contributed by atoms with Gasteiger partial charge in [0.1, 0.15) is 0 Å². The molecule has 2 N–H and O–H groups in total. The molecule has 0 atom stereocenters. The topological polar surface area (TPSA) is 43.1 Å². The lowest BCUT2D eigenvalue weighted by atomic mass is 10.1. The Morgan fingerprint density at radius 3 is 2.77 bits per heavy atom. The normalized spacial score (nSPS) is 9.92. The molecule has 0 aliphatic carbocycles. The molecule has 0 saturated carbocycles. The quantitative estimate of drug-likeness (QED) is 0.745. The molecular formula is C10H13NOS. The number of hydrogen-bond donors (Lipinski definition) is 1. The molecule has 0 saturated heterocycles. The second-order valence-corrected chi connectivity index (χ2v) is 3.63. The Kier molecular flexibility index (Phi) is 3.83. The monoisotopic (exact) mass is 195 g/mol. The minimum absolute atomic E-state index is 0.240. The zero-order chi connectivity index (χ0) is 9.68. The van der Waals surface area contributed by atoms with E-state index in [1.807, 2.05) is 24.5 Å². The zero-order valence-corrected chi connectivity index (χ0v) is 8.43. The highest BCUT2D eigenvalue weighted by molar-refractivity contribution is 7.98. The highest BCUT2D eigenvalue weighted by Crippen LogP contribution is 2.20. The number of nitrogens with two attached hydrogens (primary N) is 1. The van der Waals surface area contributed by atoms with Crippen molar-refractivity contribution in [3.8, 4) is 0 Å². The average Bonchev–Trinajstić information content (AvgIpc) is 2.15. The van der Waals surface area contributed by atoms with Gasteiger partial charge in [-0.15, -0.1) is 11.8 Å². The first kappa shape index (κ1) is 10.1. The van der Waals surface area contributed by atoms with Crippen molar-refractivity contribution in [3.63, 3.8) is 0 Å². The Hall–Kier alpha value is -0.960. The fraction of sp³-hybridized carbons (Fsp3) is 0.300. The molecule has 0 aromatic heterocycles. The Morgan fingerprint density at radius 2 is 2.15 bits per heavy atom. The van der Waals surface area contributed by atoms with Crippen LogP contribution < -0.4 is 5.73 Å². The van der Waals surface area contributed by atoms with Crippen LogP contribution in [0.2, 0.25) is 0 Å². The van der Waals surface area contributed by atoms with E-state index in [4.69, 9.17) is 5.73 Å². The van der Waals surface area contributed by atoms with Crippen LogP contribution in [0.1, 0.15) is 12.0 Å². The summed E-state index contributed by atoms with van der Waals surface area (Å²) in [5.41, 5.74) is 6.29. The van der Waals surface area contributed by atoms with Crippen molar-refractivity contribution in [2.75, 3.05) is 6.26 Å². The molecular weight excluding hydrogens is 182 g/mol. The number of carbonyl (C=O) groups excluding carboxylic acids is 1. The van der Waals surface area contributed by atoms with E-state index in [1.165, 1.54) is 10.5 Å². The summed E-state index contributed by atoms with van der Waals surface area (Å²) in [6, 6.07) is 8.07. The summed E-state index contributed by atoms with van der Waals surface area (Å²) in [4.78, 5) is 11.8. The van der Waals surface area contributed by atoms with Crippen molar-refractivity contribution in [1.29, 1.82) is 0 Å². The van der Waals surface area contributed by atoms with Gasteiger partial charge in [-0.2, -0.15) is 0 Å². The van der Waals surface area contributed by atoms with Gasteiger partial charge in [0, 0.05) is 11.3 Å². The third-order valence-electron chi connectivity index (χ3n) is 1.83. The number of aryl methyl sites for hydroxylation is 1. The molecule has 1 aromatic carbocycles. The van der Waals surface area contributed by atoms with Crippen LogP contribution in [-0.2, 0) is 11.2 Å². The first-order valence-corrected chi connectivity index (χ1v) is 5.36. The van der Waals surface area contributed by atoms with Crippen LogP contribution in [-0.4, -0.2) is 12.2 Å². The maximum absolute atomic E-state index is 10.6. The molecule has 0 heterocycles. The SMILES string of the molecule is CSc1ccccc1CCC(N)=O. The zero-order valence-electron chi connectivity index (χ0n) is 7.62. The van der Waals surface area contributed by atoms with Crippen LogP contribution >= 0.6 is 11.8 Å². The summed E-state index contributed by atoms with van der Waals surface area (Å²) in [6.45, 7) is 0. The molecule has 0 fully saturated rings. The van der Waals surface area contributed by atoms with Crippen LogP contribution in [0.5, 0.6) is 0 Å². The average molecular weight is 195 g/mol. The third kappa shape index (κ3) is 3.11. The lowest BCUT2D eigenvalue weighted by Gasteiger charge is -2.04. The van der Waals surface area contributed by atoms with Gasteiger partial charge >= 0.3 is 0 Å². The predicted molar refractivity (Wildman–Crippen MR) is 55.7 cm³/mol. The lowest BCUT2D eigenvalue weighted by molar-refractivity contribution is -0.117. The Balaban J connectivity index is 2.69. The van der Waals surface area contributed by atoms with Gasteiger partial charge in [0.15, 0.2) is 0 Å². The smallest absolute Gasteiger partial charge is 0.217 e. The van der Waals surface area contributed by atoms with E-state index in [0.717, 1.165) is 6.42 Å². The van der Waals surface area contributed by atoms with E-state index in [1.54, 1.807) is 11.8 Å². The molecule has 1 amide bonds. The highest BCUT2D eigenvalue weighted by atomic mass is 32.2. The van der Waals surface area contributed by atoms with Gasteiger partial charge in [0.25, 0.3) is 0 Å². The van der Waals surface area contributed by atoms with Crippen molar-refractivity contribution in [2.45, 2.75) is 17.7 Å². The van der Waals surface area contributed by atoms with Gasteiger partial charge in [0.05, 0.1) is 0 Å². The van der Waals surface area contributed by atoms with Gasteiger partial charge in [-0.3, -0.25) is 4.79 Å². The van der Waals surface area contributed by atoms with Gasteiger partial charge < -0.3 is 5.73 Å². The van der Waals surface area contributed by atoms with Crippen LogP contribution in [0.4, 0.5) is 0 Å². The molecule has 2 nitrogen and oxygen atoms in total. The summed E-state index contributed by atoms with van der Waals surface area (Å²) in [6.07, 6.45) is 3.20. The molecule has 0 spiro atoms. The molecule has 0 aliphatic rings. The molecule has 1 aromatic rings. The van der Waals surface area contributed by atoms with Crippen molar-refractivity contribution in [1.82, 2.24) is 0 Å². The van der Waals surface area contributed by atoms with E-state index in [-0.39, 0.29) is 5.91 Å². The van der Waals surface area contributed by atoms with Gasteiger partial charge in [-0.1, -0.05) is 18.2 Å². The van der Waals surface area contributed by atoms with Crippen molar-refractivity contribution in [2.24, 2.45) is 5.73 Å². The number of primary amides is 1. The number of thioether (sulfide) groups is 1. The lowest BCUT2D eigenvalue weighted by Crippen LogP contribution is -2.11. The van der Waals surface area contributed by atoms with Gasteiger partial charge in [0.2, 0.25) is 5.91 Å². The number of hydrogen-bond acceptors (Lipinski definition) is 2. The first-order chi connectivity index (χ1) is 6.24. The van der Waals surface area contributed by atoms with E-state index >= 15 is 0 Å². The maximum Gasteiger partial charge on any atom is 0.217 e. The molecule has 1 rings (SSSR count).